The SMILES string of the molecule is O=C(Nc1c2c(nn1-c1cccc(Cl)c1)CS(=O)C2)c1cccc(Cl)c1. The Hall–Kier alpha value is -2.15. The molecule has 1 unspecified atom stereocenters. The lowest BCUT2D eigenvalue weighted by atomic mass is 10.2. The molecule has 2 heterocycles. The average Bonchev–Trinajstić information content (AvgIpc) is 3.12. The van der Waals surface area contributed by atoms with E-state index in [4.69, 9.17) is 23.2 Å². The number of nitrogens with one attached hydrogen (secondary N) is 1. The Morgan fingerprint density at radius 1 is 1.08 bits per heavy atom. The van der Waals surface area contributed by atoms with Crippen molar-refractivity contribution in [3.8, 4) is 5.69 Å². The van der Waals surface area contributed by atoms with E-state index in [1.165, 1.54) is 0 Å². The molecule has 0 saturated heterocycles. The molecule has 0 spiro atoms. The highest BCUT2D eigenvalue weighted by atomic mass is 35.5. The third kappa shape index (κ3) is 3.28. The van der Waals surface area contributed by atoms with Gasteiger partial charge in [-0.25, -0.2) is 4.68 Å². The van der Waals surface area contributed by atoms with E-state index in [0.717, 1.165) is 16.9 Å². The standard InChI is InChI=1S/C18H13Cl2N3O2S/c19-12-4-1-3-11(7-12)18(24)21-17-15-9-26(25)10-16(15)22-23(17)14-6-2-5-13(20)8-14/h1-8H,9-10H2,(H,21,24). The molecule has 5 nitrogen and oxygen atoms in total. The van der Waals surface area contributed by atoms with Crippen molar-refractivity contribution < 1.29 is 9.00 Å². The molecule has 1 atom stereocenters. The van der Waals surface area contributed by atoms with E-state index in [-0.39, 0.29) is 5.91 Å². The van der Waals surface area contributed by atoms with Gasteiger partial charge < -0.3 is 5.32 Å². The van der Waals surface area contributed by atoms with E-state index in [2.05, 4.69) is 10.4 Å². The Labute approximate surface area is 162 Å². The minimum absolute atomic E-state index is 0.309. The third-order valence-corrected chi connectivity index (χ3v) is 5.72. The normalized spacial score (nSPS) is 15.7. The van der Waals surface area contributed by atoms with Crippen LogP contribution in [-0.2, 0) is 22.3 Å². The average molecular weight is 406 g/mol. The number of hydrogen-bond acceptors (Lipinski definition) is 3. The monoisotopic (exact) mass is 405 g/mol. The molecule has 0 fully saturated rings. The molecule has 1 aromatic heterocycles. The van der Waals surface area contributed by atoms with Crippen LogP contribution in [0.5, 0.6) is 0 Å². The van der Waals surface area contributed by atoms with Gasteiger partial charge in [0.1, 0.15) is 5.82 Å². The second-order valence-corrected chi connectivity index (χ2v) is 8.19. The van der Waals surface area contributed by atoms with Crippen LogP contribution in [0.2, 0.25) is 10.0 Å². The van der Waals surface area contributed by atoms with Crippen LogP contribution in [0.4, 0.5) is 5.82 Å². The Balaban J connectivity index is 1.77. The zero-order valence-electron chi connectivity index (χ0n) is 13.4. The van der Waals surface area contributed by atoms with Crippen molar-refractivity contribution in [3.05, 3.63) is 75.4 Å². The van der Waals surface area contributed by atoms with Gasteiger partial charge >= 0.3 is 0 Å². The lowest BCUT2D eigenvalue weighted by Gasteiger charge is -2.11. The molecule has 3 aromatic rings. The van der Waals surface area contributed by atoms with Crippen LogP contribution >= 0.6 is 23.2 Å². The predicted molar refractivity (Wildman–Crippen MR) is 104 cm³/mol. The van der Waals surface area contributed by atoms with Crippen molar-refractivity contribution in [2.75, 3.05) is 5.32 Å². The molecule has 0 bridgehead atoms. The van der Waals surface area contributed by atoms with Gasteiger partial charge in [0.25, 0.3) is 5.91 Å². The number of nitrogens with zero attached hydrogens (tertiary/aromatic N) is 2. The number of aromatic nitrogens is 2. The lowest BCUT2D eigenvalue weighted by molar-refractivity contribution is 0.102. The lowest BCUT2D eigenvalue weighted by Crippen LogP contribution is -2.16. The number of fused-ring (bicyclic) bond motifs is 1. The van der Waals surface area contributed by atoms with Gasteiger partial charge in [0.05, 0.1) is 22.9 Å². The van der Waals surface area contributed by atoms with Crippen molar-refractivity contribution in [1.82, 2.24) is 9.78 Å². The van der Waals surface area contributed by atoms with Gasteiger partial charge in [-0.15, -0.1) is 0 Å². The van der Waals surface area contributed by atoms with Crippen LogP contribution in [0.3, 0.4) is 0 Å². The van der Waals surface area contributed by atoms with Crippen molar-refractivity contribution in [1.29, 1.82) is 0 Å². The Morgan fingerprint density at radius 3 is 2.54 bits per heavy atom. The van der Waals surface area contributed by atoms with Gasteiger partial charge in [0.2, 0.25) is 0 Å². The summed E-state index contributed by atoms with van der Waals surface area (Å²) in [7, 11) is -1.00. The van der Waals surface area contributed by atoms with Gasteiger partial charge in [-0.05, 0) is 36.4 Å². The van der Waals surface area contributed by atoms with E-state index < -0.39 is 10.8 Å². The fraction of sp³-hybridized carbons (Fsp3) is 0.111. The number of benzene rings is 2. The first kappa shape index (κ1) is 17.3. The summed E-state index contributed by atoms with van der Waals surface area (Å²) in [6, 6.07) is 13.9. The molecule has 1 aliphatic rings. The first-order chi connectivity index (χ1) is 12.5. The fourth-order valence-corrected chi connectivity index (χ4v) is 4.50. The molecule has 1 amide bonds. The minimum Gasteiger partial charge on any atom is -0.306 e. The van der Waals surface area contributed by atoms with Crippen molar-refractivity contribution in [3.63, 3.8) is 0 Å². The molecule has 8 heteroatoms. The zero-order chi connectivity index (χ0) is 18.3. The van der Waals surface area contributed by atoms with Crippen molar-refractivity contribution in [2.24, 2.45) is 0 Å². The number of carbonyl (C=O) groups excluding carboxylic acids is 1. The maximum atomic E-state index is 12.7. The van der Waals surface area contributed by atoms with Crippen molar-refractivity contribution >= 4 is 45.7 Å². The minimum atomic E-state index is -1.00. The van der Waals surface area contributed by atoms with Crippen LogP contribution < -0.4 is 5.32 Å². The number of carbonyl (C=O) groups is 1. The van der Waals surface area contributed by atoms with E-state index in [1.807, 2.05) is 12.1 Å². The largest absolute Gasteiger partial charge is 0.306 e. The summed E-state index contributed by atoms with van der Waals surface area (Å²) in [6.07, 6.45) is 0. The molecule has 26 heavy (non-hydrogen) atoms. The first-order valence-electron chi connectivity index (χ1n) is 7.80. The topological polar surface area (TPSA) is 64.0 Å². The maximum absolute atomic E-state index is 12.7. The molecule has 0 saturated carbocycles. The van der Waals surface area contributed by atoms with Crippen LogP contribution in [0.1, 0.15) is 21.6 Å². The fourth-order valence-electron chi connectivity index (χ4n) is 2.86. The summed E-state index contributed by atoms with van der Waals surface area (Å²) in [5.74, 6) is 0.943. The molecular formula is C18H13Cl2N3O2S. The molecule has 4 rings (SSSR count). The summed E-state index contributed by atoms with van der Waals surface area (Å²) < 4.78 is 13.6. The summed E-state index contributed by atoms with van der Waals surface area (Å²) in [5, 5.41) is 8.48. The third-order valence-electron chi connectivity index (χ3n) is 4.04. The number of halogens is 2. The van der Waals surface area contributed by atoms with Crippen LogP contribution in [0.15, 0.2) is 48.5 Å². The van der Waals surface area contributed by atoms with E-state index in [9.17, 15) is 9.00 Å². The number of amides is 1. The molecule has 1 aliphatic heterocycles. The highest BCUT2D eigenvalue weighted by molar-refractivity contribution is 7.83. The summed E-state index contributed by atoms with van der Waals surface area (Å²) >= 11 is 12.1. The maximum Gasteiger partial charge on any atom is 0.256 e. The molecule has 0 radical (unpaired) electrons. The summed E-state index contributed by atoms with van der Waals surface area (Å²) in [6.45, 7) is 0. The highest BCUT2D eigenvalue weighted by Crippen LogP contribution is 2.32. The van der Waals surface area contributed by atoms with E-state index >= 15 is 0 Å². The smallest absolute Gasteiger partial charge is 0.256 e. The predicted octanol–water partition coefficient (Wildman–Crippen LogP) is 4.19. The quantitative estimate of drug-likeness (QED) is 0.710. The first-order valence-corrected chi connectivity index (χ1v) is 10.0. The van der Waals surface area contributed by atoms with E-state index in [0.29, 0.717) is 32.9 Å². The van der Waals surface area contributed by atoms with Gasteiger partial charge in [-0.3, -0.25) is 9.00 Å². The molecule has 1 N–H and O–H groups in total. The number of hydrogen-bond donors (Lipinski definition) is 1. The molecule has 0 aliphatic carbocycles. The van der Waals surface area contributed by atoms with Gasteiger partial charge in [0, 0.05) is 32.0 Å². The Morgan fingerprint density at radius 2 is 1.81 bits per heavy atom. The summed E-state index contributed by atoms with van der Waals surface area (Å²) in [4.78, 5) is 12.7. The number of anilines is 1. The van der Waals surface area contributed by atoms with Gasteiger partial charge in [-0.2, -0.15) is 5.10 Å². The number of rotatable bonds is 3. The van der Waals surface area contributed by atoms with Crippen LogP contribution in [0.25, 0.3) is 5.69 Å². The highest BCUT2D eigenvalue weighted by Gasteiger charge is 2.28. The molecule has 132 valence electrons. The van der Waals surface area contributed by atoms with Crippen molar-refractivity contribution in [2.45, 2.75) is 11.5 Å². The second kappa shape index (κ2) is 6.87. The van der Waals surface area contributed by atoms with Gasteiger partial charge in [-0.1, -0.05) is 35.3 Å². The molecule has 2 aromatic carbocycles. The van der Waals surface area contributed by atoms with Gasteiger partial charge in [0.15, 0.2) is 0 Å². The van der Waals surface area contributed by atoms with E-state index in [1.54, 1.807) is 41.1 Å². The second-order valence-electron chi connectivity index (χ2n) is 5.86. The Bertz CT molecular complexity index is 1050. The molecular weight excluding hydrogens is 393 g/mol. The Kier molecular flexibility index (Phi) is 4.56. The van der Waals surface area contributed by atoms with Crippen LogP contribution in [0, 0.1) is 0 Å². The van der Waals surface area contributed by atoms with Crippen LogP contribution in [-0.4, -0.2) is 19.9 Å². The zero-order valence-corrected chi connectivity index (χ0v) is 15.7. The summed E-state index contributed by atoms with van der Waals surface area (Å²) in [5.41, 5.74) is 2.67.